The van der Waals surface area contributed by atoms with Gasteiger partial charge in [0.05, 0.1) is 18.0 Å². The SMILES string of the molecule is O=C(COC1CCCCCC1)Nc1ccc(NC(=O)C2CCC2)cn1. The van der Waals surface area contributed by atoms with Crippen LogP contribution >= 0.6 is 0 Å². The lowest BCUT2D eigenvalue weighted by molar-refractivity contribution is -0.123. The van der Waals surface area contributed by atoms with Gasteiger partial charge in [-0.1, -0.05) is 32.1 Å². The molecule has 1 heterocycles. The van der Waals surface area contributed by atoms with Gasteiger partial charge in [-0.15, -0.1) is 0 Å². The fourth-order valence-electron chi connectivity index (χ4n) is 3.24. The van der Waals surface area contributed by atoms with Crippen LogP contribution in [0.2, 0.25) is 0 Å². The van der Waals surface area contributed by atoms with Crippen LogP contribution in [0.25, 0.3) is 0 Å². The van der Waals surface area contributed by atoms with Gasteiger partial charge in [0.15, 0.2) is 0 Å². The predicted octanol–water partition coefficient (Wildman–Crippen LogP) is 3.50. The van der Waals surface area contributed by atoms with Crippen LogP contribution in [0.5, 0.6) is 0 Å². The summed E-state index contributed by atoms with van der Waals surface area (Å²) in [7, 11) is 0. The summed E-state index contributed by atoms with van der Waals surface area (Å²) in [4.78, 5) is 28.1. The number of ether oxygens (including phenoxy) is 1. The minimum atomic E-state index is -0.192. The first kappa shape index (κ1) is 17.9. The van der Waals surface area contributed by atoms with Gasteiger partial charge < -0.3 is 15.4 Å². The summed E-state index contributed by atoms with van der Waals surface area (Å²) in [6, 6.07) is 3.45. The van der Waals surface area contributed by atoms with Gasteiger partial charge in [0, 0.05) is 5.92 Å². The van der Waals surface area contributed by atoms with Crippen molar-refractivity contribution < 1.29 is 14.3 Å². The zero-order valence-corrected chi connectivity index (χ0v) is 14.6. The van der Waals surface area contributed by atoms with Crippen molar-refractivity contribution in [3.05, 3.63) is 18.3 Å². The van der Waals surface area contributed by atoms with E-state index >= 15 is 0 Å². The Balaban J connectivity index is 1.41. The zero-order valence-electron chi connectivity index (χ0n) is 14.6. The van der Waals surface area contributed by atoms with Gasteiger partial charge in [0.25, 0.3) is 5.91 Å². The summed E-state index contributed by atoms with van der Waals surface area (Å²) in [6.45, 7) is 0.0620. The number of anilines is 2. The average Bonchev–Trinajstić information content (AvgIpc) is 2.82. The first-order valence-electron chi connectivity index (χ1n) is 9.39. The minimum Gasteiger partial charge on any atom is -0.368 e. The number of carbonyl (C=O) groups is 2. The number of nitrogens with zero attached hydrogens (tertiary/aromatic N) is 1. The quantitative estimate of drug-likeness (QED) is 0.773. The van der Waals surface area contributed by atoms with Gasteiger partial charge in [-0.25, -0.2) is 4.98 Å². The fraction of sp³-hybridized carbons (Fsp3) is 0.632. The van der Waals surface area contributed by atoms with E-state index in [1.165, 1.54) is 25.7 Å². The fourth-order valence-corrected chi connectivity index (χ4v) is 3.24. The molecule has 1 aromatic heterocycles. The molecule has 25 heavy (non-hydrogen) atoms. The predicted molar refractivity (Wildman–Crippen MR) is 96.3 cm³/mol. The van der Waals surface area contributed by atoms with Crippen molar-refractivity contribution in [3.63, 3.8) is 0 Å². The molecule has 136 valence electrons. The molecule has 0 bridgehead atoms. The van der Waals surface area contributed by atoms with E-state index < -0.39 is 0 Å². The smallest absolute Gasteiger partial charge is 0.251 e. The Bertz CT molecular complexity index is 576. The van der Waals surface area contributed by atoms with Gasteiger partial charge in [-0.2, -0.15) is 0 Å². The third-order valence-electron chi connectivity index (χ3n) is 5.03. The number of rotatable bonds is 6. The largest absolute Gasteiger partial charge is 0.368 e. The van der Waals surface area contributed by atoms with Crippen LogP contribution in [-0.2, 0) is 14.3 Å². The van der Waals surface area contributed by atoms with Gasteiger partial charge in [-0.3, -0.25) is 9.59 Å². The van der Waals surface area contributed by atoms with E-state index in [0.717, 1.165) is 32.1 Å². The standard InChI is InChI=1S/C19H27N3O3/c23-18(13-25-16-8-3-1-2-4-9-16)22-17-11-10-15(12-20-17)21-19(24)14-6-5-7-14/h10-12,14,16H,1-9,13H2,(H,21,24)(H,20,22,23). The molecule has 2 fully saturated rings. The second-order valence-corrected chi connectivity index (χ2v) is 7.02. The number of aromatic nitrogens is 1. The van der Waals surface area contributed by atoms with Crippen molar-refractivity contribution in [2.45, 2.75) is 63.9 Å². The lowest BCUT2D eigenvalue weighted by Gasteiger charge is -2.23. The Morgan fingerprint density at radius 3 is 2.36 bits per heavy atom. The highest BCUT2D eigenvalue weighted by Gasteiger charge is 2.25. The Morgan fingerprint density at radius 2 is 1.76 bits per heavy atom. The topological polar surface area (TPSA) is 80.3 Å². The molecule has 0 atom stereocenters. The van der Waals surface area contributed by atoms with E-state index in [0.29, 0.717) is 11.5 Å². The molecule has 0 saturated heterocycles. The van der Waals surface area contributed by atoms with E-state index in [9.17, 15) is 9.59 Å². The van der Waals surface area contributed by atoms with Gasteiger partial charge in [-0.05, 0) is 37.8 Å². The van der Waals surface area contributed by atoms with Gasteiger partial charge in [0.2, 0.25) is 5.91 Å². The van der Waals surface area contributed by atoms with Crippen LogP contribution in [0.1, 0.15) is 57.8 Å². The van der Waals surface area contributed by atoms with Crippen molar-refractivity contribution in [2.24, 2.45) is 5.92 Å². The average molecular weight is 345 g/mol. The van der Waals surface area contributed by atoms with E-state index in [-0.39, 0.29) is 30.4 Å². The highest BCUT2D eigenvalue weighted by atomic mass is 16.5. The van der Waals surface area contributed by atoms with Crippen LogP contribution in [0.4, 0.5) is 11.5 Å². The number of nitrogens with one attached hydrogen (secondary N) is 2. The maximum absolute atomic E-state index is 12.0. The van der Waals surface area contributed by atoms with E-state index in [2.05, 4.69) is 15.6 Å². The van der Waals surface area contributed by atoms with E-state index in [4.69, 9.17) is 4.74 Å². The Labute approximate surface area is 148 Å². The Morgan fingerprint density at radius 1 is 1.00 bits per heavy atom. The molecule has 0 radical (unpaired) electrons. The normalized spacial score (nSPS) is 18.9. The summed E-state index contributed by atoms with van der Waals surface area (Å²) in [5.74, 6) is 0.473. The van der Waals surface area contributed by atoms with E-state index in [1.54, 1.807) is 18.3 Å². The summed E-state index contributed by atoms with van der Waals surface area (Å²) in [6.07, 6.45) is 11.8. The number of pyridine rings is 1. The summed E-state index contributed by atoms with van der Waals surface area (Å²) in [5.41, 5.74) is 0.657. The maximum Gasteiger partial charge on any atom is 0.251 e. The summed E-state index contributed by atoms with van der Waals surface area (Å²) < 4.78 is 5.72. The van der Waals surface area contributed by atoms with Crippen LogP contribution in [0.15, 0.2) is 18.3 Å². The molecule has 2 amide bonds. The third kappa shape index (κ3) is 5.53. The second-order valence-electron chi connectivity index (χ2n) is 7.02. The maximum atomic E-state index is 12.0. The molecular formula is C19H27N3O3. The Kier molecular flexibility index (Phi) is 6.39. The number of hydrogen-bond acceptors (Lipinski definition) is 4. The van der Waals surface area contributed by atoms with Crippen LogP contribution in [0.3, 0.4) is 0 Å². The highest BCUT2D eigenvalue weighted by Crippen LogP contribution is 2.27. The molecule has 1 aromatic rings. The highest BCUT2D eigenvalue weighted by molar-refractivity contribution is 5.93. The molecule has 0 aromatic carbocycles. The molecule has 2 aliphatic rings. The van der Waals surface area contributed by atoms with Crippen molar-refractivity contribution in [2.75, 3.05) is 17.2 Å². The van der Waals surface area contributed by atoms with Crippen molar-refractivity contribution in [1.29, 1.82) is 0 Å². The molecular weight excluding hydrogens is 318 g/mol. The molecule has 6 heteroatoms. The second kappa shape index (κ2) is 8.94. The van der Waals surface area contributed by atoms with Crippen molar-refractivity contribution in [1.82, 2.24) is 4.98 Å². The number of hydrogen-bond donors (Lipinski definition) is 2. The first-order chi connectivity index (χ1) is 12.2. The molecule has 3 rings (SSSR count). The molecule has 2 saturated carbocycles. The summed E-state index contributed by atoms with van der Waals surface area (Å²) in [5, 5.41) is 5.59. The van der Waals surface area contributed by atoms with E-state index in [1.807, 2.05) is 0 Å². The van der Waals surface area contributed by atoms with Crippen molar-refractivity contribution in [3.8, 4) is 0 Å². The third-order valence-corrected chi connectivity index (χ3v) is 5.03. The molecule has 2 N–H and O–H groups in total. The van der Waals surface area contributed by atoms with Crippen LogP contribution < -0.4 is 10.6 Å². The molecule has 6 nitrogen and oxygen atoms in total. The molecule has 0 aliphatic heterocycles. The number of carbonyl (C=O) groups excluding carboxylic acids is 2. The van der Waals surface area contributed by atoms with Gasteiger partial charge >= 0.3 is 0 Å². The van der Waals surface area contributed by atoms with Crippen LogP contribution in [0, 0.1) is 5.92 Å². The monoisotopic (exact) mass is 345 g/mol. The lowest BCUT2D eigenvalue weighted by Crippen LogP contribution is -2.28. The van der Waals surface area contributed by atoms with Gasteiger partial charge in [0.1, 0.15) is 12.4 Å². The van der Waals surface area contributed by atoms with Crippen molar-refractivity contribution >= 4 is 23.3 Å². The molecule has 2 aliphatic carbocycles. The van der Waals surface area contributed by atoms with Crippen LogP contribution in [-0.4, -0.2) is 29.5 Å². The lowest BCUT2D eigenvalue weighted by atomic mass is 9.85. The summed E-state index contributed by atoms with van der Waals surface area (Å²) >= 11 is 0. The minimum absolute atomic E-state index is 0.0571. The molecule has 0 unspecified atom stereocenters. The Hall–Kier alpha value is -1.95. The molecule has 0 spiro atoms. The number of amides is 2. The zero-order chi connectivity index (χ0) is 17.5. The first-order valence-corrected chi connectivity index (χ1v) is 9.39.